The minimum absolute atomic E-state index is 0.159. The predicted molar refractivity (Wildman–Crippen MR) is 149 cm³/mol. The van der Waals surface area contributed by atoms with E-state index in [0.29, 0.717) is 24.4 Å². The van der Waals surface area contributed by atoms with Gasteiger partial charge in [-0.25, -0.2) is 4.39 Å². The van der Waals surface area contributed by atoms with E-state index in [1.165, 1.54) is 18.4 Å². The van der Waals surface area contributed by atoms with Crippen LogP contribution in [0.5, 0.6) is 0 Å². The molecule has 202 valence electrons. The van der Waals surface area contributed by atoms with Crippen LogP contribution in [0, 0.1) is 23.6 Å². The fraction of sp³-hybridized carbons (Fsp3) is 0.531. The summed E-state index contributed by atoms with van der Waals surface area (Å²) in [4.78, 5) is 18.7. The number of hydrogen-bond acceptors (Lipinski definition) is 3. The molecule has 5 nitrogen and oxygen atoms in total. The molecule has 1 amide bonds. The third kappa shape index (κ3) is 5.39. The molecular formula is C32H40FN3O2. The highest BCUT2D eigenvalue weighted by Gasteiger charge is 2.44. The molecule has 2 aromatic carbocycles. The van der Waals surface area contributed by atoms with Crippen molar-refractivity contribution in [2.24, 2.45) is 17.8 Å². The van der Waals surface area contributed by atoms with E-state index in [1.807, 2.05) is 24.3 Å². The second-order valence-corrected chi connectivity index (χ2v) is 11.7. The van der Waals surface area contributed by atoms with Gasteiger partial charge in [-0.3, -0.25) is 4.79 Å². The molecular weight excluding hydrogens is 477 g/mol. The van der Waals surface area contributed by atoms with Crippen molar-refractivity contribution in [3.63, 3.8) is 0 Å². The Morgan fingerprint density at radius 3 is 2.53 bits per heavy atom. The molecule has 3 heterocycles. The standard InChI is InChI=1S/C32H40FN3O2/c1-38-19-3-15-35-18-14-26-4-2-5-29(31(26)35)32(37)36-21-27(30(22-36)25-6-7-25)20-34-16-12-24(13-17-34)23-8-10-28(33)11-9-23/h2,4-5,8-11,14,18,24-25,27,30H,3,6-7,12-13,15-17,19-22H2,1H3. The normalized spacial score (nSPS) is 22.9. The quantitative estimate of drug-likeness (QED) is 0.337. The molecule has 1 aromatic heterocycles. The number of rotatable bonds is 9. The highest BCUT2D eigenvalue weighted by atomic mass is 19.1. The van der Waals surface area contributed by atoms with Crippen LogP contribution in [0.4, 0.5) is 4.39 Å². The number of aryl methyl sites for hydroxylation is 1. The number of benzene rings is 2. The van der Waals surface area contributed by atoms with Crippen LogP contribution in [0.25, 0.3) is 10.9 Å². The molecule has 2 unspecified atom stereocenters. The van der Waals surface area contributed by atoms with E-state index in [0.717, 1.165) is 80.9 Å². The lowest BCUT2D eigenvalue weighted by Gasteiger charge is -2.34. The fourth-order valence-corrected chi connectivity index (χ4v) is 7.00. The summed E-state index contributed by atoms with van der Waals surface area (Å²) < 4.78 is 20.8. The van der Waals surface area contributed by atoms with Gasteiger partial charge < -0.3 is 19.1 Å². The van der Waals surface area contributed by atoms with Gasteiger partial charge in [0.15, 0.2) is 0 Å². The van der Waals surface area contributed by atoms with Crippen molar-refractivity contribution < 1.29 is 13.9 Å². The Kier molecular flexibility index (Phi) is 7.53. The molecule has 0 N–H and O–H groups in total. The Labute approximate surface area is 225 Å². The van der Waals surface area contributed by atoms with E-state index in [1.54, 1.807) is 19.2 Å². The molecule has 0 radical (unpaired) electrons. The summed E-state index contributed by atoms with van der Waals surface area (Å²) in [6.07, 6.45) is 7.90. The molecule has 6 heteroatoms. The van der Waals surface area contributed by atoms with Gasteiger partial charge in [0.1, 0.15) is 5.82 Å². The van der Waals surface area contributed by atoms with Crippen LogP contribution < -0.4 is 0 Å². The zero-order valence-electron chi connectivity index (χ0n) is 22.5. The summed E-state index contributed by atoms with van der Waals surface area (Å²) >= 11 is 0. The molecule has 1 aliphatic carbocycles. The van der Waals surface area contributed by atoms with Crippen LogP contribution in [0.1, 0.15) is 53.9 Å². The van der Waals surface area contributed by atoms with Crippen molar-refractivity contribution in [2.45, 2.75) is 44.6 Å². The lowest BCUT2D eigenvalue weighted by Crippen LogP contribution is -2.39. The Morgan fingerprint density at radius 2 is 1.79 bits per heavy atom. The largest absolute Gasteiger partial charge is 0.385 e. The number of ether oxygens (including phenoxy) is 1. The van der Waals surface area contributed by atoms with Crippen molar-refractivity contribution in [3.05, 3.63) is 71.7 Å². The van der Waals surface area contributed by atoms with Crippen molar-refractivity contribution in [2.75, 3.05) is 46.4 Å². The van der Waals surface area contributed by atoms with Gasteiger partial charge in [0.25, 0.3) is 5.91 Å². The van der Waals surface area contributed by atoms with Crippen LogP contribution >= 0.6 is 0 Å². The van der Waals surface area contributed by atoms with Crippen molar-refractivity contribution >= 4 is 16.8 Å². The van der Waals surface area contributed by atoms with Gasteiger partial charge in [0.05, 0.1) is 11.1 Å². The molecule has 2 atom stereocenters. The predicted octanol–water partition coefficient (Wildman–Crippen LogP) is 5.79. The summed E-state index contributed by atoms with van der Waals surface area (Å²) in [5, 5.41) is 1.13. The molecule has 6 rings (SSSR count). The first kappa shape index (κ1) is 25.6. The molecule has 1 saturated carbocycles. The maximum absolute atomic E-state index is 13.9. The Bertz CT molecular complexity index is 1240. The zero-order chi connectivity index (χ0) is 26.1. The van der Waals surface area contributed by atoms with Crippen LogP contribution in [0.2, 0.25) is 0 Å². The molecule has 38 heavy (non-hydrogen) atoms. The number of nitrogens with zero attached hydrogens (tertiary/aromatic N) is 3. The average molecular weight is 518 g/mol. The van der Waals surface area contributed by atoms with Crippen molar-refractivity contribution in [3.8, 4) is 0 Å². The van der Waals surface area contributed by atoms with Gasteiger partial charge in [-0.15, -0.1) is 0 Å². The van der Waals surface area contributed by atoms with E-state index in [4.69, 9.17) is 4.74 Å². The number of aromatic nitrogens is 1. The van der Waals surface area contributed by atoms with E-state index >= 15 is 0 Å². The lowest BCUT2D eigenvalue weighted by molar-refractivity contribution is 0.0781. The second kappa shape index (κ2) is 11.2. The van der Waals surface area contributed by atoms with Crippen molar-refractivity contribution in [1.29, 1.82) is 0 Å². The smallest absolute Gasteiger partial charge is 0.256 e. The van der Waals surface area contributed by atoms with E-state index in [2.05, 4.69) is 32.7 Å². The first-order valence-corrected chi connectivity index (χ1v) is 14.4. The summed E-state index contributed by atoms with van der Waals surface area (Å²) in [5.74, 6) is 2.48. The molecule has 0 bridgehead atoms. The highest BCUT2D eigenvalue weighted by molar-refractivity contribution is 6.06. The van der Waals surface area contributed by atoms with Crippen LogP contribution in [0.3, 0.4) is 0 Å². The molecule has 0 spiro atoms. The number of halogens is 1. The van der Waals surface area contributed by atoms with Gasteiger partial charge in [-0.05, 0) is 98.7 Å². The van der Waals surface area contributed by atoms with Crippen molar-refractivity contribution in [1.82, 2.24) is 14.4 Å². The summed E-state index contributed by atoms with van der Waals surface area (Å²) in [7, 11) is 1.73. The number of carbonyl (C=O) groups excluding carboxylic acids is 1. The molecule has 2 saturated heterocycles. The topological polar surface area (TPSA) is 37.7 Å². The monoisotopic (exact) mass is 517 g/mol. The lowest BCUT2D eigenvalue weighted by atomic mass is 9.87. The SMILES string of the molecule is COCCCn1ccc2cccc(C(=O)N3CC(CN4CCC(c5ccc(F)cc5)CC4)C(C4CC4)C3)c21. The first-order valence-electron chi connectivity index (χ1n) is 14.4. The zero-order valence-corrected chi connectivity index (χ0v) is 22.5. The van der Waals surface area contributed by atoms with Gasteiger partial charge >= 0.3 is 0 Å². The third-order valence-electron chi connectivity index (χ3n) is 9.19. The first-order chi connectivity index (χ1) is 18.6. The maximum Gasteiger partial charge on any atom is 0.256 e. The summed E-state index contributed by atoms with van der Waals surface area (Å²) in [6, 6.07) is 15.3. The molecule has 3 aromatic rings. The van der Waals surface area contributed by atoms with E-state index in [9.17, 15) is 9.18 Å². The van der Waals surface area contributed by atoms with Gasteiger partial charge in [0.2, 0.25) is 0 Å². The number of hydrogen-bond donors (Lipinski definition) is 0. The fourth-order valence-electron chi connectivity index (χ4n) is 7.00. The van der Waals surface area contributed by atoms with Gasteiger partial charge in [-0.2, -0.15) is 0 Å². The summed E-state index contributed by atoms with van der Waals surface area (Å²) in [5.41, 5.74) is 3.16. The Morgan fingerprint density at radius 1 is 1.00 bits per heavy atom. The third-order valence-corrected chi connectivity index (χ3v) is 9.19. The number of para-hydroxylation sites is 1. The van der Waals surface area contributed by atoms with Crippen LogP contribution in [-0.2, 0) is 11.3 Å². The number of methoxy groups -OCH3 is 1. The number of likely N-dealkylation sites (tertiary alicyclic amines) is 2. The highest BCUT2D eigenvalue weighted by Crippen LogP contribution is 2.45. The number of piperidine rings is 1. The van der Waals surface area contributed by atoms with Gasteiger partial charge in [-0.1, -0.05) is 24.3 Å². The Hall–Kier alpha value is -2.70. The minimum Gasteiger partial charge on any atom is -0.385 e. The van der Waals surface area contributed by atoms with E-state index in [-0.39, 0.29) is 11.7 Å². The Balaban J connectivity index is 1.12. The number of carbonyl (C=O) groups is 1. The average Bonchev–Trinajstić information content (AvgIpc) is 3.57. The maximum atomic E-state index is 13.9. The van der Waals surface area contributed by atoms with Crippen LogP contribution in [0.15, 0.2) is 54.7 Å². The summed E-state index contributed by atoms with van der Waals surface area (Å²) in [6.45, 7) is 6.56. The second-order valence-electron chi connectivity index (χ2n) is 11.7. The minimum atomic E-state index is -0.159. The van der Waals surface area contributed by atoms with Crippen LogP contribution in [-0.4, -0.2) is 66.7 Å². The van der Waals surface area contributed by atoms with E-state index < -0.39 is 0 Å². The molecule has 3 aliphatic rings. The number of amides is 1. The van der Waals surface area contributed by atoms with Gasteiger partial charge in [0, 0.05) is 51.5 Å². The molecule has 2 aliphatic heterocycles. The number of fused-ring (bicyclic) bond motifs is 1. The molecule has 3 fully saturated rings.